The normalized spacial score (nSPS) is 13.6. The molecule has 7 nitrogen and oxygen atoms in total. The van der Waals surface area contributed by atoms with Gasteiger partial charge in [-0.05, 0) is 18.9 Å². The highest BCUT2D eigenvalue weighted by Gasteiger charge is 2.23. The van der Waals surface area contributed by atoms with E-state index >= 15 is 0 Å². The van der Waals surface area contributed by atoms with E-state index in [1.165, 1.54) is 0 Å². The molecular weight excluding hydrogens is 273 g/mol. The van der Waals surface area contributed by atoms with Gasteiger partial charge in [0, 0.05) is 0 Å². The van der Waals surface area contributed by atoms with Gasteiger partial charge in [-0.3, -0.25) is 4.52 Å². The third kappa shape index (κ3) is 6.93. The zero-order valence-electron chi connectivity index (χ0n) is 10.4. The largest absolute Gasteiger partial charge is 0.493 e. The SMILES string of the molecule is CCOC(=O)NOP(=O)(O)OCCc1ccccc1. The Kier molecular flexibility index (Phi) is 6.52. The lowest BCUT2D eigenvalue weighted by Crippen LogP contribution is -2.23. The van der Waals surface area contributed by atoms with Gasteiger partial charge in [-0.15, -0.1) is 0 Å². The van der Waals surface area contributed by atoms with E-state index in [2.05, 4.69) is 13.9 Å². The van der Waals surface area contributed by atoms with Crippen molar-refractivity contribution in [2.45, 2.75) is 13.3 Å². The fourth-order valence-corrected chi connectivity index (χ4v) is 1.77. The molecule has 0 aromatic heterocycles. The van der Waals surface area contributed by atoms with E-state index in [1.807, 2.05) is 30.3 Å². The van der Waals surface area contributed by atoms with Gasteiger partial charge in [-0.25, -0.2) is 9.36 Å². The molecule has 1 unspecified atom stereocenters. The summed E-state index contributed by atoms with van der Waals surface area (Å²) in [7, 11) is -4.32. The standard InChI is InChI=1S/C11H16NO6P/c1-2-16-11(13)12-18-19(14,15)17-9-8-10-6-4-3-5-7-10/h3-7H,2,8-9H2,1H3,(H,12,13)(H,14,15). The van der Waals surface area contributed by atoms with E-state index in [9.17, 15) is 14.3 Å². The second-order valence-electron chi connectivity index (χ2n) is 3.45. The second-order valence-corrected chi connectivity index (χ2v) is 4.83. The van der Waals surface area contributed by atoms with Crippen LogP contribution in [0.25, 0.3) is 0 Å². The van der Waals surface area contributed by atoms with Gasteiger partial charge in [0.05, 0.1) is 13.2 Å². The molecule has 1 atom stereocenters. The van der Waals surface area contributed by atoms with Crippen molar-refractivity contribution in [2.75, 3.05) is 13.2 Å². The minimum atomic E-state index is -4.32. The molecule has 0 saturated carbocycles. The van der Waals surface area contributed by atoms with E-state index in [-0.39, 0.29) is 13.2 Å². The zero-order valence-corrected chi connectivity index (χ0v) is 11.3. The van der Waals surface area contributed by atoms with Crippen molar-refractivity contribution in [1.82, 2.24) is 5.48 Å². The van der Waals surface area contributed by atoms with Gasteiger partial charge in [0.15, 0.2) is 0 Å². The van der Waals surface area contributed by atoms with Gasteiger partial charge < -0.3 is 9.63 Å². The topological polar surface area (TPSA) is 94.1 Å². The summed E-state index contributed by atoms with van der Waals surface area (Å²) in [5.41, 5.74) is 2.63. The van der Waals surface area contributed by atoms with Crippen molar-refractivity contribution >= 4 is 13.9 Å². The van der Waals surface area contributed by atoms with Crippen LogP contribution in [-0.2, 0) is 24.9 Å². The van der Waals surface area contributed by atoms with Crippen LogP contribution in [0, 0.1) is 0 Å². The lowest BCUT2D eigenvalue weighted by atomic mass is 10.2. The maximum atomic E-state index is 11.4. The van der Waals surface area contributed by atoms with Crippen LogP contribution in [0.2, 0.25) is 0 Å². The fourth-order valence-electron chi connectivity index (χ4n) is 1.21. The molecule has 0 aliphatic carbocycles. The Morgan fingerprint density at radius 2 is 2.05 bits per heavy atom. The van der Waals surface area contributed by atoms with Gasteiger partial charge in [0.25, 0.3) is 0 Å². The van der Waals surface area contributed by atoms with Crippen LogP contribution in [0.1, 0.15) is 12.5 Å². The first-order chi connectivity index (χ1) is 9.03. The number of nitrogens with one attached hydrogen (secondary N) is 1. The predicted molar refractivity (Wildman–Crippen MR) is 67.2 cm³/mol. The molecule has 0 aliphatic heterocycles. The molecule has 1 amide bonds. The number of amides is 1. The summed E-state index contributed by atoms with van der Waals surface area (Å²) in [6.45, 7) is 1.70. The molecule has 0 saturated heterocycles. The number of carbonyl (C=O) groups excluding carboxylic acids is 1. The van der Waals surface area contributed by atoms with Crippen molar-refractivity contribution in [1.29, 1.82) is 0 Å². The molecule has 0 heterocycles. The summed E-state index contributed by atoms with van der Waals surface area (Å²) in [6.07, 6.45) is -0.503. The minimum Gasteiger partial charge on any atom is -0.448 e. The van der Waals surface area contributed by atoms with Crippen molar-refractivity contribution in [3.63, 3.8) is 0 Å². The van der Waals surface area contributed by atoms with Gasteiger partial charge in [0.1, 0.15) is 0 Å². The Balaban J connectivity index is 2.27. The first-order valence-electron chi connectivity index (χ1n) is 5.66. The predicted octanol–water partition coefficient (Wildman–Crippen LogP) is 2.02. The number of phosphoric ester groups is 1. The molecule has 0 spiro atoms. The van der Waals surface area contributed by atoms with Gasteiger partial charge in [-0.1, -0.05) is 30.3 Å². The molecule has 106 valence electrons. The lowest BCUT2D eigenvalue weighted by molar-refractivity contribution is 0.0711. The van der Waals surface area contributed by atoms with Gasteiger partial charge in [-0.2, -0.15) is 10.1 Å². The highest BCUT2D eigenvalue weighted by Crippen LogP contribution is 2.41. The summed E-state index contributed by atoms with van der Waals surface area (Å²) in [5, 5.41) is 0. The van der Waals surface area contributed by atoms with E-state index in [0.717, 1.165) is 5.56 Å². The Bertz CT molecular complexity index is 438. The van der Waals surface area contributed by atoms with E-state index in [4.69, 9.17) is 0 Å². The maximum Gasteiger partial charge on any atom is 0.493 e. The van der Waals surface area contributed by atoms with E-state index in [1.54, 1.807) is 12.4 Å². The Hall–Kier alpha value is -1.40. The molecule has 2 N–H and O–H groups in total. The average Bonchev–Trinajstić information content (AvgIpc) is 2.38. The zero-order chi connectivity index (χ0) is 14.1. The third-order valence-corrected chi connectivity index (χ3v) is 2.84. The van der Waals surface area contributed by atoms with Crippen LogP contribution >= 0.6 is 7.82 Å². The molecule has 19 heavy (non-hydrogen) atoms. The Morgan fingerprint density at radius 1 is 1.37 bits per heavy atom. The molecule has 0 radical (unpaired) electrons. The summed E-state index contributed by atoms with van der Waals surface area (Å²) in [4.78, 5) is 20.1. The molecule has 0 bridgehead atoms. The number of carbonyl (C=O) groups is 1. The second kappa shape index (κ2) is 7.91. The highest BCUT2D eigenvalue weighted by atomic mass is 31.2. The number of rotatable bonds is 7. The summed E-state index contributed by atoms with van der Waals surface area (Å²) in [5.74, 6) is 0. The Labute approximate surface area is 111 Å². The van der Waals surface area contributed by atoms with Gasteiger partial charge in [0.2, 0.25) is 0 Å². The monoisotopic (exact) mass is 289 g/mol. The summed E-state index contributed by atoms with van der Waals surface area (Å²) >= 11 is 0. The number of benzene rings is 1. The van der Waals surface area contributed by atoms with Crippen molar-refractivity contribution in [3.05, 3.63) is 35.9 Å². The van der Waals surface area contributed by atoms with Crippen molar-refractivity contribution < 1.29 is 28.1 Å². The summed E-state index contributed by atoms with van der Waals surface area (Å²) in [6, 6.07) is 9.31. The molecule has 1 aromatic rings. The number of ether oxygens (including phenoxy) is 1. The fraction of sp³-hybridized carbons (Fsp3) is 0.364. The van der Waals surface area contributed by atoms with Crippen LogP contribution in [0.5, 0.6) is 0 Å². The molecule has 0 fully saturated rings. The summed E-state index contributed by atoms with van der Waals surface area (Å²) < 4.78 is 24.7. The molecule has 8 heteroatoms. The minimum absolute atomic E-state index is 0.0116. The smallest absolute Gasteiger partial charge is 0.448 e. The van der Waals surface area contributed by atoms with Crippen LogP contribution in [0.3, 0.4) is 0 Å². The van der Waals surface area contributed by atoms with Crippen LogP contribution < -0.4 is 5.48 Å². The number of hydrogen-bond donors (Lipinski definition) is 2. The van der Waals surface area contributed by atoms with Crippen LogP contribution in [0.15, 0.2) is 30.3 Å². The Morgan fingerprint density at radius 3 is 2.68 bits per heavy atom. The van der Waals surface area contributed by atoms with Crippen molar-refractivity contribution in [3.8, 4) is 0 Å². The van der Waals surface area contributed by atoms with Crippen LogP contribution in [-0.4, -0.2) is 24.2 Å². The number of phosphoric acid groups is 1. The average molecular weight is 289 g/mol. The van der Waals surface area contributed by atoms with Crippen LogP contribution in [0.4, 0.5) is 4.79 Å². The third-order valence-electron chi connectivity index (χ3n) is 2.01. The number of hydrogen-bond acceptors (Lipinski definition) is 5. The molecule has 0 aliphatic rings. The molecule has 1 rings (SSSR count). The molecule has 1 aromatic carbocycles. The first-order valence-corrected chi connectivity index (χ1v) is 7.15. The maximum absolute atomic E-state index is 11.4. The number of hydroxylamine groups is 1. The molecular formula is C11H16NO6P. The highest BCUT2D eigenvalue weighted by molar-refractivity contribution is 7.47. The van der Waals surface area contributed by atoms with E-state index in [0.29, 0.717) is 6.42 Å². The van der Waals surface area contributed by atoms with E-state index < -0.39 is 13.9 Å². The van der Waals surface area contributed by atoms with Gasteiger partial charge >= 0.3 is 13.9 Å². The quantitative estimate of drug-likeness (QED) is 0.589. The first kappa shape index (κ1) is 15.7. The lowest BCUT2D eigenvalue weighted by Gasteiger charge is -2.11. The van der Waals surface area contributed by atoms with Crippen molar-refractivity contribution in [2.24, 2.45) is 0 Å².